The molecule has 1 heterocycles. The zero-order chi connectivity index (χ0) is 19.6. The smallest absolute Gasteiger partial charge is 0.283 e. The van der Waals surface area contributed by atoms with Crippen LogP contribution in [0.15, 0.2) is 35.4 Å². The van der Waals surface area contributed by atoms with Crippen LogP contribution in [0, 0.1) is 0 Å². The summed E-state index contributed by atoms with van der Waals surface area (Å²) >= 11 is 19.7. The van der Waals surface area contributed by atoms with E-state index >= 15 is 0 Å². The first-order valence-corrected chi connectivity index (χ1v) is 9.73. The Morgan fingerprint density at radius 2 is 2.04 bits per heavy atom. The largest absolute Gasteiger partial charge is 0.504 e. The number of phenols is 1. The first-order chi connectivity index (χ1) is 12.9. The van der Waals surface area contributed by atoms with Crippen LogP contribution < -0.4 is 10.2 Å². The molecule has 0 atom stereocenters. The number of nitrogens with one attached hydrogen (secondary N) is 1. The highest BCUT2D eigenvalue weighted by Gasteiger charge is 2.18. The van der Waals surface area contributed by atoms with Gasteiger partial charge in [-0.1, -0.05) is 53.0 Å². The van der Waals surface area contributed by atoms with Gasteiger partial charge in [0.25, 0.3) is 5.91 Å². The van der Waals surface area contributed by atoms with E-state index in [1.807, 2.05) is 24.3 Å². The second-order valence-corrected chi connectivity index (χ2v) is 7.52. The molecule has 0 spiro atoms. The van der Waals surface area contributed by atoms with Gasteiger partial charge in [-0.15, -0.1) is 11.3 Å². The van der Waals surface area contributed by atoms with E-state index in [9.17, 15) is 9.90 Å². The molecule has 0 bridgehead atoms. The molecule has 0 aliphatic heterocycles. The van der Waals surface area contributed by atoms with Crippen LogP contribution in [0.2, 0.25) is 15.1 Å². The van der Waals surface area contributed by atoms with Crippen LogP contribution in [0.3, 0.4) is 0 Å². The van der Waals surface area contributed by atoms with Gasteiger partial charge in [-0.05, 0) is 13.0 Å². The van der Waals surface area contributed by atoms with Gasteiger partial charge < -0.3 is 9.84 Å². The summed E-state index contributed by atoms with van der Waals surface area (Å²) in [7, 11) is 0. The number of rotatable bonds is 5. The summed E-state index contributed by atoms with van der Waals surface area (Å²) < 4.78 is 6.20. The fourth-order valence-electron chi connectivity index (χ4n) is 2.36. The Hall–Kier alpha value is -1.99. The monoisotopic (exact) mass is 442 g/mol. The lowest BCUT2D eigenvalue weighted by Gasteiger charge is -2.10. The van der Waals surface area contributed by atoms with E-state index in [2.05, 4.69) is 10.5 Å². The van der Waals surface area contributed by atoms with Gasteiger partial charge >= 0.3 is 0 Å². The summed E-state index contributed by atoms with van der Waals surface area (Å²) in [5, 5.41) is 15.6. The Morgan fingerprint density at radius 1 is 1.30 bits per heavy atom. The molecule has 0 unspecified atom stereocenters. The number of carbonyl (C=O) groups excluding carboxylic acids is 1. The normalized spacial score (nSPS) is 11.3. The maximum absolute atomic E-state index is 12.4. The van der Waals surface area contributed by atoms with Crippen molar-refractivity contribution in [2.24, 2.45) is 5.10 Å². The molecule has 27 heavy (non-hydrogen) atoms. The van der Waals surface area contributed by atoms with Crippen molar-refractivity contribution in [1.82, 2.24) is 5.43 Å². The predicted octanol–water partition coefficient (Wildman–Crippen LogP) is 5.73. The number of amides is 1. The lowest BCUT2D eigenvalue weighted by Crippen LogP contribution is -2.16. The fourth-order valence-corrected chi connectivity index (χ4v) is 4.16. The maximum Gasteiger partial charge on any atom is 0.283 e. The third kappa shape index (κ3) is 3.99. The quantitative estimate of drug-likeness (QED) is 0.391. The van der Waals surface area contributed by atoms with Crippen molar-refractivity contribution in [3.05, 3.63) is 55.8 Å². The Balaban J connectivity index is 1.85. The molecule has 1 amide bonds. The van der Waals surface area contributed by atoms with Crippen molar-refractivity contribution in [3.63, 3.8) is 0 Å². The van der Waals surface area contributed by atoms with Crippen LogP contribution in [-0.2, 0) is 0 Å². The molecule has 3 rings (SSSR count). The molecule has 0 radical (unpaired) electrons. The highest BCUT2D eigenvalue weighted by atomic mass is 35.5. The van der Waals surface area contributed by atoms with Crippen LogP contribution in [0.5, 0.6) is 11.5 Å². The zero-order valence-electron chi connectivity index (χ0n) is 13.9. The summed E-state index contributed by atoms with van der Waals surface area (Å²) in [6.07, 6.45) is 1.20. The Kier molecular flexibility index (Phi) is 6.11. The zero-order valence-corrected chi connectivity index (χ0v) is 17.0. The van der Waals surface area contributed by atoms with Crippen LogP contribution in [0.4, 0.5) is 0 Å². The van der Waals surface area contributed by atoms with E-state index in [4.69, 9.17) is 39.5 Å². The summed E-state index contributed by atoms with van der Waals surface area (Å²) in [6.45, 7) is 2.11. The molecule has 0 aliphatic rings. The molecule has 1 aromatic heterocycles. The number of fused-ring (bicyclic) bond motifs is 1. The second kappa shape index (κ2) is 8.35. The van der Waals surface area contributed by atoms with Crippen molar-refractivity contribution >= 4 is 68.3 Å². The Bertz CT molecular complexity index is 1050. The highest BCUT2D eigenvalue weighted by Crippen LogP contribution is 2.39. The lowest BCUT2D eigenvalue weighted by molar-refractivity contribution is 0.0959. The van der Waals surface area contributed by atoms with Crippen LogP contribution in [0.25, 0.3) is 10.1 Å². The highest BCUT2D eigenvalue weighted by molar-refractivity contribution is 7.21. The van der Waals surface area contributed by atoms with Gasteiger partial charge in [0.15, 0.2) is 11.5 Å². The number of benzene rings is 2. The molecule has 0 aliphatic carbocycles. The number of phenolic OH excluding ortho intramolecular Hbond substituents is 1. The Labute approximate surface area is 174 Å². The van der Waals surface area contributed by atoms with Crippen LogP contribution in [-0.4, -0.2) is 23.8 Å². The molecular weight excluding hydrogens is 431 g/mol. The molecule has 3 aromatic rings. The van der Waals surface area contributed by atoms with Gasteiger partial charge in [-0.2, -0.15) is 5.10 Å². The molecule has 140 valence electrons. The standard InChI is InChI=1S/C18H13Cl3N2O3S/c1-2-26-12-7-11(19)14(20)10(16(12)24)8-22-23-18(25)17-15(21)9-5-3-4-6-13(9)27-17/h3-8,24H,2H2,1H3,(H,23,25)/b22-8-. The van der Waals surface area contributed by atoms with Crippen molar-refractivity contribution in [3.8, 4) is 11.5 Å². The number of hydrogen-bond donors (Lipinski definition) is 2. The molecule has 0 fully saturated rings. The number of hydrazone groups is 1. The average molecular weight is 444 g/mol. The summed E-state index contributed by atoms with van der Waals surface area (Å²) in [5.74, 6) is -0.517. The van der Waals surface area contributed by atoms with Gasteiger partial charge in [0, 0.05) is 16.2 Å². The van der Waals surface area contributed by atoms with Gasteiger partial charge in [-0.25, -0.2) is 5.43 Å². The number of ether oxygens (including phenoxy) is 1. The number of halogens is 3. The van der Waals surface area contributed by atoms with Crippen molar-refractivity contribution in [2.75, 3.05) is 6.61 Å². The van der Waals surface area contributed by atoms with Crippen LogP contribution in [0.1, 0.15) is 22.2 Å². The molecule has 9 heteroatoms. The van der Waals surface area contributed by atoms with E-state index in [0.717, 1.165) is 10.1 Å². The Morgan fingerprint density at radius 3 is 2.74 bits per heavy atom. The fraction of sp³-hybridized carbons (Fsp3) is 0.111. The van der Waals surface area contributed by atoms with Crippen molar-refractivity contribution < 1.29 is 14.6 Å². The minimum atomic E-state index is -0.472. The van der Waals surface area contributed by atoms with E-state index < -0.39 is 5.91 Å². The van der Waals surface area contributed by atoms with Gasteiger partial charge in [0.1, 0.15) is 4.88 Å². The summed E-state index contributed by atoms with van der Waals surface area (Å²) in [5.41, 5.74) is 2.51. The maximum atomic E-state index is 12.4. The van der Waals surface area contributed by atoms with Crippen molar-refractivity contribution in [2.45, 2.75) is 6.92 Å². The molecule has 2 aromatic carbocycles. The predicted molar refractivity (Wildman–Crippen MR) is 111 cm³/mol. The molecule has 0 saturated carbocycles. The van der Waals surface area contributed by atoms with E-state index in [-0.39, 0.29) is 27.1 Å². The third-order valence-corrected chi connectivity index (χ3v) is 6.07. The van der Waals surface area contributed by atoms with E-state index in [1.165, 1.54) is 23.6 Å². The average Bonchev–Trinajstić information content (AvgIpc) is 3.00. The third-order valence-electron chi connectivity index (χ3n) is 3.59. The number of aromatic hydroxyl groups is 1. The number of thiophene rings is 1. The van der Waals surface area contributed by atoms with Crippen molar-refractivity contribution in [1.29, 1.82) is 0 Å². The minimum Gasteiger partial charge on any atom is -0.504 e. The molecule has 5 nitrogen and oxygen atoms in total. The summed E-state index contributed by atoms with van der Waals surface area (Å²) in [4.78, 5) is 12.7. The minimum absolute atomic E-state index is 0.0931. The van der Waals surface area contributed by atoms with E-state index in [1.54, 1.807) is 6.92 Å². The molecule has 2 N–H and O–H groups in total. The van der Waals surface area contributed by atoms with Crippen LogP contribution >= 0.6 is 46.1 Å². The van der Waals surface area contributed by atoms with E-state index in [0.29, 0.717) is 16.5 Å². The topological polar surface area (TPSA) is 70.9 Å². The number of carbonyl (C=O) groups is 1. The van der Waals surface area contributed by atoms with Gasteiger partial charge in [0.2, 0.25) is 0 Å². The van der Waals surface area contributed by atoms with Gasteiger partial charge in [-0.3, -0.25) is 4.79 Å². The SMILES string of the molecule is CCOc1cc(Cl)c(Cl)c(/C=N\NC(=O)c2sc3ccccc3c2Cl)c1O. The lowest BCUT2D eigenvalue weighted by atomic mass is 10.2. The number of hydrogen-bond acceptors (Lipinski definition) is 5. The molecular formula is C18H13Cl3N2O3S. The second-order valence-electron chi connectivity index (χ2n) is 5.31. The first-order valence-electron chi connectivity index (χ1n) is 7.78. The number of nitrogens with zero attached hydrogens (tertiary/aromatic N) is 1. The first kappa shape index (κ1) is 19.8. The van der Waals surface area contributed by atoms with Gasteiger partial charge in [0.05, 0.1) is 33.5 Å². The summed E-state index contributed by atoms with van der Waals surface area (Å²) in [6, 6.07) is 8.85. The molecule has 0 saturated heterocycles.